The Morgan fingerprint density at radius 1 is 1.48 bits per heavy atom. The van der Waals surface area contributed by atoms with E-state index in [1.54, 1.807) is 0 Å². The van der Waals surface area contributed by atoms with Crippen LogP contribution in [0.1, 0.15) is 12.5 Å². The maximum atomic E-state index is 8.48. The molecule has 6 nitrogen and oxygen atoms in total. The highest BCUT2D eigenvalue weighted by molar-refractivity contribution is 7.99. The minimum Gasteiger partial charge on any atom is -0.245 e. The molecule has 0 radical (unpaired) electrons. The van der Waals surface area contributed by atoms with Gasteiger partial charge in [-0.15, -0.1) is 5.10 Å². The van der Waals surface area contributed by atoms with Crippen molar-refractivity contribution in [3.05, 3.63) is 42.0 Å². The first kappa shape index (κ1) is 14.8. The van der Waals surface area contributed by atoms with Crippen LogP contribution in [-0.2, 0) is 0 Å². The zero-order chi connectivity index (χ0) is 14.9. The van der Waals surface area contributed by atoms with E-state index in [2.05, 4.69) is 25.7 Å². The lowest BCUT2D eigenvalue weighted by Gasteiger charge is -1.95. The van der Waals surface area contributed by atoms with Crippen molar-refractivity contribution in [2.45, 2.75) is 12.1 Å². The molecule has 2 aromatic rings. The maximum Gasteiger partial charge on any atom is 0.240 e. The molecule has 0 spiro atoms. The third-order valence-electron chi connectivity index (χ3n) is 2.39. The second-order valence-corrected chi connectivity index (χ2v) is 4.96. The summed E-state index contributed by atoms with van der Waals surface area (Å²) in [6.45, 7) is 1.88. The van der Waals surface area contributed by atoms with Crippen molar-refractivity contribution in [2.75, 3.05) is 11.2 Å². The van der Waals surface area contributed by atoms with Gasteiger partial charge in [-0.25, -0.2) is 10.5 Å². The molecule has 2 rings (SSSR count). The van der Waals surface area contributed by atoms with E-state index >= 15 is 0 Å². The van der Waals surface area contributed by atoms with Crippen molar-refractivity contribution < 1.29 is 0 Å². The van der Waals surface area contributed by atoms with Crippen LogP contribution in [0.5, 0.6) is 0 Å². The number of nitrogens with one attached hydrogen (secondary N) is 2. The summed E-state index contributed by atoms with van der Waals surface area (Å²) in [5.41, 5.74) is 4.71. The van der Waals surface area contributed by atoms with Crippen LogP contribution in [0.3, 0.4) is 0 Å². The van der Waals surface area contributed by atoms with Crippen LogP contribution < -0.4 is 5.43 Å². The largest absolute Gasteiger partial charge is 0.245 e. The summed E-state index contributed by atoms with van der Waals surface area (Å²) in [7, 11) is 0. The van der Waals surface area contributed by atoms with Gasteiger partial charge in [-0.3, -0.25) is 0 Å². The molecule has 21 heavy (non-hydrogen) atoms. The third-order valence-corrected chi connectivity index (χ3v) is 3.10. The molecule has 0 aliphatic rings. The highest BCUT2D eigenvalue weighted by atomic mass is 32.2. The van der Waals surface area contributed by atoms with Gasteiger partial charge in [-0.05, 0) is 18.6 Å². The van der Waals surface area contributed by atoms with Crippen LogP contribution in [0.2, 0.25) is 0 Å². The number of hydrogen-bond acceptors (Lipinski definition) is 6. The molecule has 1 aromatic carbocycles. The number of rotatable bonds is 6. The van der Waals surface area contributed by atoms with Gasteiger partial charge >= 0.3 is 0 Å². The molecular weight excluding hydrogens is 284 g/mol. The molecular formula is C14H14N6S. The highest BCUT2D eigenvalue weighted by Crippen LogP contribution is 2.12. The van der Waals surface area contributed by atoms with Crippen LogP contribution >= 0.6 is 11.8 Å². The fraction of sp³-hybridized carbons (Fsp3) is 0.143. The summed E-state index contributed by atoms with van der Waals surface area (Å²) in [6.07, 6.45) is 3.89. The van der Waals surface area contributed by atoms with Gasteiger partial charge in [-0.2, -0.15) is 15.3 Å². The normalized spacial score (nSPS) is 11.5. The predicted molar refractivity (Wildman–Crippen MR) is 84.9 cm³/mol. The number of thioether (sulfide) groups is 1. The number of aromatic nitrogens is 3. The van der Waals surface area contributed by atoms with Crippen LogP contribution in [0, 0.1) is 11.3 Å². The standard InChI is InChI=1S/C14H14N6S/c1-11(7-8-12-5-3-2-4-6-12)17-18-13-16-14(20-19-13)21-10-9-15/h2-8H,10H2,1H3,(H2,16,18,19,20)/b8-7+,17-11?. The van der Waals surface area contributed by atoms with E-state index in [1.165, 1.54) is 11.8 Å². The highest BCUT2D eigenvalue weighted by Gasteiger charge is 2.01. The number of benzene rings is 1. The van der Waals surface area contributed by atoms with Crippen LogP contribution in [-0.4, -0.2) is 26.6 Å². The average Bonchev–Trinajstić information content (AvgIpc) is 2.98. The Morgan fingerprint density at radius 3 is 3.05 bits per heavy atom. The number of anilines is 1. The average molecular weight is 298 g/mol. The maximum absolute atomic E-state index is 8.48. The lowest BCUT2D eigenvalue weighted by atomic mass is 10.2. The second-order valence-electron chi connectivity index (χ2n) is 4.02. The van der Waals surface area contributed by atoms with Gasteiger partial charge in [0.2, 0.25) is 11.1 Å². The number of hydrogen-bond donors (Lipinski definition) is 2. The molecule has 0 saturated carbocycles. The molecule has 0 bridgehead atoms. The smallest absolute Gasteiger partial charge is 0.240 e. The molecule has 1 aromatic heterocycles. The quantitative estimate of drug-likeness (QED) is 0.486. The Labute approximate surface area is 127 Å². The number of H-pyrrole nitrogens is 1. The van der Waals surface area contributed by atoms with Crippen molar-refractivity contribution in [3.63, 3.8) is 0 Å². The monoisotopic (exact) mass is 298 g/mol. The molecule has 0 aliphatic carbocycles. The van der Waals surface area contributed by atoms with E-state index in [9.17, 15) is 0 Å². The Kier molecular flexibility index (Phi) is 5.55. The first-order chi connectivity index (χ1) is 10.3. The molecule has 0 fully saturated rings. The van der Waals surface area contributed by atoms with E-state index in [1.807, 2.05) is 55.5 Å². The van der Waals surface area contributed by atoms with Gasteiger partial charge in [0.05, 0.1) is 17.5 Å². The Balaban J connectivity index is 1.90. The van der Waals surface area contributed by atoms with Crippen LogP contribution in [0.15, 0.2) is 46.7 Å². The number of nitrogens with zero attached hydrogens (tertiary/aromatic N) is 4. The number of nitriles is 1. The minimum absolute atomic E-state index is 0.319. The van der Waals surface area contributed by atoms with Gasteiger partial charge in [-0.1, -0.05) is 48.2 Å². The van der Waals surface area contributed by atoms with E-state index in [0.717, 1.165) is 11.3 Å². The van der Waals surface area contributed by atoms with Crippen molar-refractivity contribution in [1.29, 1.82) is 5.26 Å². The van der Waals surface area contributed by atoms with Crippen molar-refractivity contribution in [1.82, 2.24) is 15.2 Å². The van der Waals surface area contributed by atoms with Gasteiger partial charge in [0.25, 0.3) is 0 Å². The lowest BCUT2D eigenvalue weighted by Crippen LogP contribution is -1.95. The summed E-state index contributed by atoms with van der Waals surface area (Å²) in [4.78, 5) is 4.14. The van der Waals surface area contributed by atoms with Gasteiger partial charge < -0.3 is 0 Å². The Morgan fingerprint density at radius 2 is 2.29 bits per heavy atom. The summed E-state index contributed by atoms with van der Waals surface area (Å²) in [6, 6.07) is 12.0. The summed E-state index contributed by atoms with van der Waals surface area (Å²) >= 11 is 1.27. The van der Waals surface area contributed by atoms with Gasteiger partial charge in [0.1, 0.15) is 0 Å². The molecule has 106 valence electrons. The van der Waals surface area contributed by atoms with Crippen molar-refractivity contribution in [2.24, 2.45) is 5.10 Å². The van der Waals surface area contributed by atoms with E-state index in [-0.39, 0.29) is 0 Å². The molecule has 0 atom stereocenters. The first-order valence-corrected chi connectivity index (χ1v) is 7.22. The Bertz CT molecular complexity index is 668. The zero-order valence-electron chi connectivity index (χ0n) is 11.4. The van der Waals surface area contributed by atoms with Crippen molar-refractivity contribution >= 4 is 29.5 Å². The lowest BCUT2D eigenvalue weighted by molar-refractivity contribution is 0.975. The second kappa shape index (κ2) is 7.87. The molecule has 0 aliphatic heterocycles. The van der Waals surface area contributed by atoms with Crippen LogP contribution in [0.4, 0.5) is 5.95 Å². The summed E-state index contributed by atoms with van der Waals surface area (Å²) in [5, 5.41) is 19.8. The SMILES string of the molecule is CC(/C=C/c1ccccc1)=NNc1nc(SCC#N)n[nH]1. The minimum atomic E-state index is 0.319. The number of hydrazone groups is 1. The molecule has 0 unspecified atom stereocenters. The van der Waals surface area contributed by atoms with E-state index in [0.29, 0.717) is 16.9 Å². The van der Waals surface area contributed by atoms with Gasteiger partial charge in [0.15, 0.2) is 0 Å². The van der Waals surface area contributed by atoms with Crippen LogP contribution in [0.25, 0.3) is 6.08 Å². The zero-order valence-corrected chi connectivity index (χ0v) is 12.3. The summed E-state index contributed by atoms with van der Waals surface area (Å²) in [5.74, 6) is 0.766. The first-order valence-electron chi connectivity index (χ1n) is 6.23. The fourth-order valence-electron chi connectivity index (χ4n) is 1.42. The number of aromatic amines is 1. The predicted octanol–water partition coefficient (Wildman–Crippen LogP) is 2.92. The third kappa shape index (κ3) is 5.12. The van der Waals surface area contributed by atoms with E-state index in [4.69, 9.17) is 5.26 Å². The fourth-order valence-corrected chi connectivity index (χ4v) is 1.88. The molecule has 0 amide bonds. The topological polar surface area (TPSA) is 89.8 Å². The molecule has 7 heteroatoms. The van der Waals surface area contributed by atoms with E-state index < -0.39 is 0 Å². The number of allylic oxidation sites excluding steroid dienone is 1. The van der Waals surface area contributed by atoms with Crippen molar-refractivity contribution in [3.8, 4) is 6.07 Å². The molecule has 1 heterocycles. The van der Waals surface area contributed by atoms with Gasteiger partial charge in [0, 0.05) is 0 Å². The molecule has 0 saturated heterocycles. The Hall–Kier alpha value is -2.59. The molecule has 2 N–H and O–H groups in total. The summed E-state index contributed by atoms with van der Waals surface area (Å²) < 4.78 is 0.